The van der Waals surface area contributed by atoms with Gasteiger partial charge in [-0.3, -0.25) is 0 Å². The van der Waals surface area contributed by atoms with Crippen LogP contribution in [0.3, 0.4) is 0 Å². The Morgan fingerprint density at radius 3 is 0.929 bits per heavy atom. The second kappa shape index (κ2) is 65.0. The summed E-state index contributed by atoms with van der Waals surface area (Å²) < 4.78 is 0. The van der Waals surface area contributed by atoms with Gasteiger partial charge in [0.15, 0.2) is 0 Å². The van der Waals surface area contributed by atoms with Crippen molar-refractivity contribution in [3.8, 4) is 0 Å². The zero-order valence-corrected chi connectivity index (χ0v) is 13.3. The Labute approximate surface area is 122 Å². The second-order valence-electron chi connectivity index (χ2n) is 3.02. The van der Waals surface area contributed by atoms with Crippen LogP contribution in [0.4, 0.5) is 0 Å². The summed E-state index contributed by atoms with van der Waals surface area (Å²) in [6, 6.07) is 0. The van der Waals surface area contributed by atoms with E-state index in [1.165, 1.54) is 6.42 Å². The molecule has 0 rings (SSSR count). The minimum atomic E-state index is 0. The predicted molar refractivity (Wildman–Crippen MR) is 72.0 cm³/mol. The van der Waals surface area contributed by atoms with Gasteiger partial charge in [0.25, 0.3) is 0 Å². The maximum atomic E-state index is 2.17. The molecule has 0 atom stereocenters. The predicted octanol–water partition coefficient (Wildman–Crippen LogP) is 6.03. The molecule has 93 valence electrons. The van der Waals surface area contributed by atoms with Gasteiger partial charge in [-0.25, -0.2) is 0 Å². The van der Waals surface area contributed by atoms with Crippen molar-refractivity contribution in [2.24, 2.45) is 5.92 Å². The number of rotatable bonds is 0. The van der Waals surface area contributed by atoms with Crippen LogP contribution >= 0.6 is 0 Å². The largest absolute Gasteiger partial charge is 0.358 e. The fourth-order valence-corrected chi connectivity index (χ4v) is 0. The molecule has 0 aromatic carbocycles. The summed E-state index contributed by atoms with van der Waals surface area (Å²) in [4.78, 5) is 0. The van der Waals surface area contributed by atoms with Crippen LogP contribution in [0.25, 0.3) is 0 Å². The molecule has 0 aliphatic carbocycles. The Morgan fingerprint density at radius 2 is 0.929 bits per heavy atom. The standard InChI is InChI=1S/C4H10.C3H8.C3H7.2CH4.CH3.Y/c1-4(2)3;2*1-3-2;;;;/h4H,1-3H3;3H2,1-2H3;3H,1-2H3;2*1H4;1H3;/q;;-1;;;-1;. The van der Waals surface area contributed by atoms with Gasteiger partial charge in [0, 0.05) is 32.7 Å². The summed E-state index contributed by atoms with van der Waals surface area (Å²) in [5, 5.41) is 0. The summed E-state index contributed by atoms with van der Waals surface area (Å²) >= 11 is 0. The van der Waals surface area contributed by atoms with E-state index in [4.69, 9.17) is 0 Å². The molecule has 0 bridgehead atoms. The van der Waals surface area contributed by atoms with E-state index in [0.717, 1.165) is 5.92 Å². The summed E-state index contributed by atoms with van der Waals surface area (Å²) in [6.07, 6.45) is 3.25. The Balaban J connectivity index is -0.00000000929. The fraction of sp³-hybridized carbons (Fsp3) is 0.846. The maximum Gasteiger partial charge on any atom is 0 e. The van der Waals surface area contributed by atoms with E-state index in [1.807, 2.05) is 20.3 Å². The molecular formula is C13H36Y-2. The third-order valence-corrected chi connectivity index (χ3v) is 0. The molecular weight excluding hydrogens is 245 g/mol. The molecule has 0 fully saturated rings. The second-order valence-corrected chi connectivity index (χ2v) is 3.02. The van der Waals surface area contributed by atoms with Gasteiger partial charge in [-0.1, -0.05) is 55.9 Å². The molecule has 0 saturated carbocycles. The smallest absolute Gasteiger partial charge is 0 e. The van der Waals surface area contributed by atoms with E-state index in [1.54, 1.807) is 0 Å². The van der Waals surface area contributed by atoms with Crippen molar-refractivity contribution in [2.45, 2.75) is 69.7 Å². The van der Waals surface area contributed by atoms with Crippen LogP contribution in [0.2, 0.25) is 0 Å². The van der Waals surface area contributed by atoms with E-state index < -0.39 is 0 Å². The monoisotopic (exact) mass is 281 g/mol. The molecule has 0 heterocycles. The summed E-state index contributed by atoms with van der Waals surface area (Å²) in [6.45, 7) is 14.8. The molecule has 0 N–H and O–H groups in total. The van der Waals surface area contributed by atoms with Crippen molar-refractivity contribution >= 4 is 0 Å². The fourth-order valence-electron chi connectivity index (χ4n) is 0. The summed E-state index contributed by atoms with van der Waals surface area (Å²) in [5.41, 5.74) is 0. The van der Waals surface area contributed by atoms with E-state index in [2.05, 4.69) is 34.6 Å². The van der Waals surface area contributed by atoms with Crippen LogP contribution in [0, 0.1) is 19.8 Å². The molecule has 1 heteroatoms. The first-order chi connectivity index (χ1) is 4.56. The van der Waals surface area contributed by atoms with Gasteiger partial charge in [-0.2, -0.15) is 13.8 Å². The van der Waals surface area contributed by atoms with Gasteiger partial charge in [0.2, 0.25) is 0 Å². The van der Waals surface area contributed by atoms with Gasteiger partial charge in [-0.05, 0) is 5.92 Å². The van der Waals surface area contributed by atoms with E-state index in [-0.39, 0.29) is 55.0 Å². The van der Waals surface area contributed by atoms with Gasteiger partial charge in [0.1, 0.15) is 0 Å². The summed E-state index contributed by atoms with van der Waals surface area (Å²) in [5.74, 6) is 0.833. The van der Waals surface area contributed by atoms with Gasteiger partial charge in [-0.15, -0.1) is 0 Å². The van der Waals surface area contributed by atoms with Crippen LogP contribution in [-0.2, 0) is 32.7 Å². The van der Waals surface area contributed by atoms with Crippen molar-refractivity contribution in [1.29, 1.82) is 0 Å². The molecule has 0 aliphatic heterocycles. The topological polar surface area (TPSA) is 0 Å². The van der Waals surface area contributed by atoms with Crippen LogP contribution in [-0.4, -0.2) is 0 Å². The molecule has 0 spiro atoms. The molecule has 14 heavy (non-hydrogen) atoms. The zero-order valence-electron chi connectivity index (χ0n) is 10.4. The minimum Gasteiger partial charge on any atom is -0.358 e. The molecule has 0 amide bonds. The Morgan fingerprint density at radius 1 is 0.929 bits per heavy atom. The average molecular weight is 281 g/mol. The van der Waals surface area contributed by atoms with Crippen molar-refractivity contribution in [3.05, 3.63) is 13.8 Å². The van der Waals surface area contributed by atoms with Gasteiger partial charge < -0.3 is 13.8 Å². The first-order valence-electron chi connectivity index (χ1n) is 4.30. The van der Waals surface area contributed by atoms with Crippen molar-refractivity contribution in [2.75, 3.05) is 0 Å². The Bertz CT molecular complexity index is 21.7. The molecule has 0 nitrogen and oxygen atoms in total. The molecule has 0 unspecified atom stereocenters. The Hall–Kier alpha value is 1.10. The molecule has 0 aromatic heterocycles. The van der Waals surface area contributed by atoms with E-state index in [0.29, 0.717) is 0 Å². The molecule has 0 aliphatic rings. The number of hydrogen-bond acceptors (Lipinski definition) is 0. The van der Waals surface area contributed by atoms with Crippen LogP contribution < -0.4 is 0 Å². The third-order valence-electron chi connectivity index (χ3n) is 0. The maximum absolute atomic E-state index is 2.17. The number of hydrogen-bond donors (Lipinski definition) is 0. The average Bonchev–Trinajstić information content (AvgIpc) is 1.65. The SMILES string of the molecule is C.C.CC(C)C.CCC.C[CH-]C.[CH3-].[Y]. The van der Waals surface area contributed by atoms with Gasteiger partial charge in [0.05, 0.1) is 0 Å². The first kappa shape index (κ1) is 45.7. The third kappa shape index (κ3) is 1580. The van der Waals surface area contributed by atoms with Gasteiger partial charge >= 0.3 is 0 Å². The van der Waals surface area contributed by atoms with Crippen molar-refractivity contribution in [3.63, 3.8) is 0 Å². The molecule has 0 saturated heterocycles. The quantitative estimate of drug-likeness (QED) is 0.476. The summed E-state index contributed by atoms with van der Waals surface area (Å²) in [7, 11) is 0. The van der Waals surface area contributed by atoms with Crippen molar-refractivity contribution in [1.82, 2.24) is 0 Å². The van der Waals surface area contributed by atoms with Crippen LogP contribution in [0.1, 0.15) is 69.7 Å². The Kier molecular flexibility index (Phi) is 212. The van der Waals surface area contributed by atoms with Crippen LogP contribution in [0.15, 0.2) is 0 Å². The normalized spacial score (nSPS) is 5.14. The molecule has 0 aromatic rings. The van der Waals surface area contributed by atoms with E-state index in [9.17, 15) is 0 Å². The molecule has 1 radical (unpaired) electrons. The minimum absolute atomic E-state index is 0. The van der Waals surface area contributed by atoms with E-state index >= 15 is 0 Å². The zero-order chi connectivity index (χ0) is 8.99. The first-order valence-corrected chi connectivity index (χ1v) is 4.30. The van der Waals surface area contributed by atoms with Crippen molar-refractivity contribution < 1.29 is 32.7 Å². The van der Waals surface area contributed by atoms with Crippen LogP contribution in [0.5, 0.6) is 0 Å².